The summed E-state index contributed by atoms with van der Waals surface area (Å²) >= 11 is 0. The second-order valence-electron chi connectivity index (χ2n) is 6.52. The number of hydrogen-bond acceptors (Lipinski definition) is 3. The van der Waals surface area contributed by atoms with E-state index in [0.29, 0.717) is 24.5 Å². The van der Waals surface area contributed by atoms with Gasteiger partial charge in [-0.05, 0) is 18.8 Å². The van der Waals surface area contributed by atoms with E-state index in [2.05, 4.69) is 26.0 Å². The number of carbonyl (C=O) groups excluding carboxylic acids is 1. The molecule has 3 heteroatoms. The van der Waals surface area contributed by atoms with Gasteiger partial charge in [-0.15, -0.1) is 0 Å². The van der Waals surface area contributed by atoms with Crippen LogP contribution in [0.1, 0.15) is 40.0 Å². The molecule has 1 heterocycles. The molecule has 0 aromatic heterocycles. The largest absolute Gasteiger partial charge is 0.368 e. The Kier molecular flexibility index (Phi) is 2.52. The highest BCUT2D eigenvalue weighted by atomic mass is 16.6. The molecule has 2 aliphatic carbocycles. The Labute approximate surface area is 108 Å². The molecule has 100 valence electrons. The number of carbonyl (C=O) groups is 1. The van der Waals surface area contributed by atoms with Crippen LogP contribution in [0.2, 0.25) is 0 Å². The number of Topliss-reactive ketones (excluding diaryl/α,β-unsaturated/α-hetero) is 1. The maximum Gasteiger partial charge on any atom is 0.159 e. The van der Waals surface area contributed by atoms with E-state index in [1.54, 1.807) is 0 Å². The third kappa shape index (κ3) is 1.24. The highest BCUT2D eigenvalue weighted by molar-refractivity contribution is 5.84. The highest BCUT2D eigenvalue weighted by Crippen LogP contribution is 2.62. The van der Waals surface area contributed by atoms with E-state index in [4.69, 9.17) is 4.74 Å². The Morgan fingerprint density at radius 3 is 2.89 bits per heavy atom. The molecule has 1 aliphatic heterocycles. The fourth-order valence-corrected chi connectivity index (χ4v) is 4.58. The van der Waals surface area contributed by atoms with Crippen molar-refractivity contribution in [3.8, 4) is 0 Å². The zero-order chi connectivity index (χ0) is 13.1. The number of aliphatic hydroxyl groups is 1. The third-order valence-corrected chi connectivity index (χ3v) is 5.85. The predicted molar refractivity (Wildman–Crippen MR) is 67.7 cm³/mol. The molecule has 2 fully saturated rings. The van der Waals surface area contributed by atoms with Crippen LogP contribution < -0.4 is 0 Å². The van der Waals surface area contributed by atoms with Gasteiger partial charge in [-0.1, -0.05) is 32.9 Å². The van der Waals surface area contributed by atoms with Crippen molar-refractivity contribution in [3.05, 3.63) is 12.2 Å². The van der Waals surface area contributed by atoms with E-state index in [1.165, 1.54) is 0 Å². The summed E-state index contributed by atoms with van der Waals surface area (Å²) in [5.74, 6) is 0.539. The van der Waals surface area contributed by atoms with Gasteiger partial charge in [0.15, 0.2) is 6.29 Å². The molecular weight excluding hydrogens is 228 g/mol. The summed E-state index contributed by atoms with van der Waals surface area (Å²) in [6.07, 6.45) is 5.73. The van der Waals surface area contributed by atoms with Gasteiger partial charge in [0, 0.05) is 23.7 Å². The summed E-state index contributed by atoms with van der Waals surface area (Å²) in [5.41, 5.74) is -0.606. The van der Waals surface area contributed by atoms with Crippen molar-refractivity contribution < 1.29 is 14.6 Å². The van der Waals surface area contributed by atoms with Crippen molar-refractivity contribution in [3.63, 3.8) is 0 Å². The van der Waals surface area contributed by atoms with Crippen LogP contribution in [0.3, 0.4) is 0 Å². The van der Waals surface area contributed by atoms with Crippen LogP contribution in [-0.4, -0.2) is 22.8 Å². The molecule has 1 saturated carbocycles. The van der Waals surface area contributed by atoms with Gasteiger partial charge >= 0.3 is 0 Å². The fraction of sp³-hybridized carbons (Fsp3) is 0.800. The van der Waals surface area contributed by atoms with Crippen molar-refractivity contribution in [1.82, 2.24) is 0 Å². The van der Waals surface area contributed by atoms with Gasteiger partial charge in [0.1, 0.15) is 5.78 Å². The lowest BCUT2D eigenvalue weighted by Gasteiger charge is -2.63. The molecule has 1 saturated heterocycles. The molecule has 0 unspecified atom stereocenters. The molecule has 0 amide bonds. The minimum atomic E-state index is -0.817. The molecule has 0 radical (unpaired) electrons. The van der Waals surface area contributed by atoms with Crippen LogP contribution in [-0.2, 0) is 9.53 Å². The molecule has 3 rings (SSSR count). The maximum absolute atomic E-state index is 12.4. The maximum atomic E-state index is 12.4. The molecule has 3 nitrogen and oxygen atoms in total. The monoisotopic (exact) mass is 250 g/mol. The molecule has 2 bridgehead atoms. The van der Waals surface area contributed by atoms with Crippen molar-refractivity contribution in [2.45, 2.75) is 51.9 Å². The smallest absolute Gasteiger partial charge is 0.159 e. The summed E-state index contributed by atoms with van der Waals surface area (Å²) in [4.78, 5) is 12.4. The zero-order valence-electron chi connectivity index (χ0n) is 11.3. The normalized spacial score (nSPS) is 55.2. The van der Waals surface area contributed by atoms with Crippen LogP contribution in [0.25, 0.3) is 0 Å². The Morgan fingerprint density at radius 1 is 1.44 bits per heavy atom. The summed E-state index contributed by atoms with van der Waals surface area (Å²) < 4.78 is 6.00. The van der Waals surface area contributed by atoms with Gasteiger partial charge in [-0.3, -0.25) is 4.79 Å². The summed E-state index contributed by atoms with van der Waals surface area (Å²) in [5, 5.41) is 10.1. The average molecular weight is 250 g/mol. The molecule has 18 heavy (non-hydrogen) atoms. The number of rotatable bonds is 0. The average Bonchev–Trinajstić information content (AvgIpc) is 2.31. The first-order valence-electron chi connectivity index (χ1n) is 6.99. The number of ether oxygens (including phenoxy) is 1. The zero-order valence-corrected chi connectivity index (χ0v) is 11.3. The fourth-order valence-electron chi connectivity index (χ4n) is 4.58. The van der Waals surface area contributed by atoms with Crippen LogP contribution in [0.5, 0.6) is 0 Å². The van der Waals surface area contributed by atoms with Crippen LogP contribution in [0.4, 0.5) is 0 Å². The topological polar surface area (TPSA) is 46.5 Å². The van der Waals surface area contributed by atoms with Crippen molar-refractivity contribution in [1.29, 1.82) is 0 Å². The van der Waals surface area contributed by atoms with Gasteiger partial charge in [0.05, 0.1) is 5.60 Å². The third-order valence-electron chi connectivity index (χ3n) is 5.85. The second kappa shape index (κ2) is 3.67. The first-order valence-corrected chi connectivity index (χ1v) is 6.99. The summed E-state index contributed by atoms with van der Waals surface area (Å²) in [7, 11) is 0. The van der Waals surface area contributed by atoms with Crippen molar-refractivity contribution in [2.75, 3.05) is 0 Å². The number of hydrogen-bond donors (Lipinski definition) is 1. The lowest BCUT2D eigenvalue weighted by Crippen LogP contribution is -2.68. The van der Waals surface area contributed by atoms with Crippen LogP contribution >= 0.6 is 0 Å². The van der Waals surface area contributed by atoms with Gasteiger partial charge in [0.25, 0.3) is 0 Å². The Bertz CT molecular complexity index is 416. The van der Waals surface area contributed by atoms with Gasteiger partial charge in [0.2, 0.25) is 0 Å². The molecule has 0 aromatic carbocycles. The lowest BCUT2D eigenvalue weighted by atomic mass is 9.47. The summed E-state index contributed by atoms with van der Waals surface area (Å²) in [6.45, 7) is 6.33. The highest BCUT2D eigenvalue weighted by Gasteiger charge is 2.66. The SMILES string of the molecule is C[C@H]1[C@H]2C(=O)CC[C@@]3(C=CC[C@H](C)[C@@]23C)O[C@@H]1O. The van der Waals surface area contributed by atoms with E-state index in [0.717, 1.165) is 6.42 Å². The van der Waals surface area contributed by atoms with Gasteiger partial charge in [-0.2, -0.15) is 0 Å². The van der Waals surface area contributed by atoms with E-state index in [1.807, 2.05) is 6.92 Å². The quantitative estimate of drug-likeness (QED) is 0.671. The van der Waals surface area contributed by atoms with E-state index < -0.39 is 11.9 Å². The number of allylic oxidation sites excluding steroid dienone is 1. The molecule has 3 aliphatic rings. The molecule has 0 aromatic rings. The standard InChI is InChI=1S/C15H22O3/c1-9-5-4-7-15-8-6-11(16)12(14(9,15)3)10(2)13(17)18-15/h4,7,9-10,12-13,17H,5-6,8H2,1-3H3/t9-,10-,12-,13-,14-,15+/m0/s1. The van der Waals surface area contributed by atoms with Crippen LogP contribution in [0, 0.1) is 23.2 Å². The minimum absolute atomic E-state index is 0.0741. The molecule has 6 atom stereocenters. The van der Waals surface area contributed by atoms with Gasteiger partial charge in [-0.25, -0.2) is 0 Å². The van der Waals surface area contributed by atoms with Gasteiger partial charge < -0.3 is 9.84 Å². The summed E-state index contributed by atoms with van der Waals surface area (Å²) in [6, 6.07) is 0. The Hall–Kier alpha value is -0.670. The first kappa shape index (κ1) is 12.4. The van der Waals surface area contributed by atoms with E-state index >= 15 is 0 Å². The Morgan fingerprint density at radius 2 is 2.17 bits per heavy atom. The number of aliphatic hydroxyl groups excluding tert-OH is 1. The molecule has 1 N–H and O–H groups in total. The lowest BCUT2D eigenvalue weighted by molar-refractivity contribution is -0.306. The molecule has 0 spiro atoms. The van der Waals surface area contributed by atoms with E-state index in [9.17, 15) is 9.90 Å². The van der Waals surface area contributed by atoms with Crippen molar-refractivity contribution >= 4 is 5.78 Å². The second-order valence-corrected chi connectivity index (χ2v) is 6.52. The first-order chi connectivity index (χ1) is 8.42. The Balaban J connectivity index is 2.17. The van der Waals surface area contributed by atoms with Crippen LogP contribution in [0.15, 0.2) is 12.2 Å². The van der Waals surface area contributed by atoms with E-state index in [-0.39, 0.29) is 17.3 Å². The predicted octanol–water partition coefficient (Wildman–Crippen LogP) is 2.29. The molecular formula is C15H22O3. The minimum Gasteiger partial charge on any atom is -0.368 e. The van der Waals surface area contributed by atoms with Crippen molar-refractivity contribution in [2.24, 2.45) is 23.2 Å². The number of ketones is 1.